The van der Waals surface area contributed by atoms with Gasteiger partial charge in [0, 0.05) is 13.1 Å². The van der Waals surface area contributed by atoms with Crippen LogP contribution in [0.25, 0.3) is 0 Å². The van der Waals surface area contributed by atoms with Crippen LogP contribution in [0.2, 0.25) is 0 Å². The van der Waals surface area contributed by atoms with E-state index < -0.39 is 5.97 Å². The highest BCUT2D eigenvalue weighted by Gasteiger charge is 2.12. The van der Waals surface area contributed by atoms with E-state index in [4.69, 9.17) is 5.11 Å². The van der Waals surface area contributed by atoms with Gasteiger partial charge in [0.2, 0.25) is 0 Å². The van der Waals surface area contributed by atoms with Crippen LogP contribution in [0.15, 0.2) is 73.1 Å². The van der Waals surface area contributed by atoms with E-state index >= 15 is 0 Å². The Balaban J connectivity index is 1.87. The number of carboxylic acid groups (broad SMARTS) is 1. The van der Waals surface area contributed by atoms with Crippen LogP contribution in [0.1, 0.15) is 21.6 Å². The number of rotatable bonds is 6. The molecule has 0 atom stereocenters. The summed E-state index contributed by atoms with van der Waals surface area (Å²) in [5.74, 6) is -0.431. The maximum absolute atomic E-state index is 10.9. The zero-order valence-corrected chi connectivity index (χ0v) is 13.0. The summed E-state index contributed by atoms with van der Waals surface area (Å²) in [4.78, 5) is 21.3. The standard InChI is InChI=1S/C19H17N3O2/c23-19(24)17-11-21-18(12-20-17)22(13-15-7-3-1-4-8-15)14-16-9-5-2-6-10-16/h1-12H,13-14H2,(H,23,24). The van der Waals surface area contributed by atoms with Gasteiger partial charge in [-0.2, -0.15) is 0 Å². The molecule has 1 heterocycles. The molecule has 0 bridgehead atoms. The first-order chi connectivity index (χ1) is 11.7. The number of benzene rings is 2. The smallest absolute Gasteiger partial charge is 0.356 e. The minimum absolute atomic E-state index is 0.0573. The van der Waals surface area contributed by atoms with Crippen LogP contribution in [0.3, 0.4) is 0 Å². The van der Waals surface area contributed by atoms with E-state index in [0.717, 1.165) is 11.1 Å². The fourth-order valence-electron chi connectivity index (χ4n) is 2.42. The third-order valence-electron chi connectivity index (χ3n) is 3.61. The highest BCUT2D eigenvalue weighted by Crippen LogP contribution is 2.17. The second kappa shape index (κ2) is 7.37. The molecule has 2 aromatic carbocycles. The molecule has 1 aromatic heterocycles. The van der Waals surface area contributed by atoms with Crippen molar-refractivity contribution in [1.82, 2.24) is 9.97 Å². The van der Waals surface area contributed by atoms with Crippen molar-refractivity contribution >= 4 is 11.8 Å². The molecule has 120 valence electrons. The fourth-order valence-corrected chi connectivity index (χ4v) is 2.42. The van der Waals surface area contributed by atoms with E-state index in [2.05, 4.69) is 39.1 Å². The molecule has 0 unspecified atom stereocenters. The van der Waals surface area contributed by atoms with Gasteiger partial charge in [0.15, 0.2) is 5.69 Å². The number of hydrogen-bond acceptors (Lipinski definition) is 4. The molecule has 5 nitrogen and oxygen atoms in total. The Morgan fingerprint density at radius 2 is 1.38 bits per heavy atom. The molecule has 5 heteroatoms. The topological polar surface area (TPSA) is 66.3 Å². The van der Waals surface area contributed by atoms with Crippen LogP contribution in [0.5, 0.6) is 0 Å². The molecule has 3 rings (SSSR count). The molecule has 1 N–H and O–H groups in total. The van der Waals surface area contributed by atoms with Gasteiger partial charge in [0.1, 0.15) is 5.82 Å². The summed E-state index contributed by atoms with van der Waals surface area (Å²) in [5.41, 5.74) is 2.24. The van der Waals surface area contributed by atoms with E-state index in [-0.39, 0.29) is 5.69 Å². The van der Waals surface area contributed by atoms with Gasteiger partial charge in [-0.1, -0.05) is 60.7 Å². The summed E-state index contributed by atoms with van der Waals surface area (Å²) >= 11 is 0. The predicted molar refractivity (Wildman–Crippen MR) is 91.8 cm³/mol. The van der Waals surface area contributed by atoms with Crippen molar-refractivity contribution < 1.29 is 9.90 Å². The average molecular weight is 319 g/mol. The van der Waals surface area contributed by atoms with Gasteiger partial charge >= 0.3 is 5.97 Å². The molecule has 0 fully saturated rings. The third-order valence-corrected chi connectivity index (χ3v) is 3.61. The molecule has 0 spiro atoms. The SMILES string of the molecule is O=C(O)c1cnc(N(Cc2ccccc2)Cc2ccccc2)cn1. The molecule has 24 heavy (non-hydrogen) atoms. The summed E-state index contributed by atoms with van der Waals surface area (Å²) in [6.07, 6.45) is 2.80. The highest BCUT2D eigenvalue weighted by atomic mass is 16.4. The highest BCUT2D eigenvalue weighted by molar-refractivity contribution is 5.84. The van der Waals surface area contributed by atoms with Crippen molar-refractivity contribution in [3.63, 3.8) is 0 Å². The zero-order valence-electron chi connectivity index (χ0n) is 13.0. The Kier molecular flexibility index (Phi) is 4.81. The monoisotopic (exact) mass is 319 g/mol. The molecule has 0 aliphatic rings. The Morgan fingerprint density at radius 3 is 1.79 bits per heavy atom. The van der Waals surface area contributed by atoms with E-state index in [0.29, 0.717) is 18.9 Å². The van der Waals surface area contributed by atoms with E-state index in [1.165, 1.54) is 12.4 Å². The van der Waals surface area contributed by atoms with E-state index in [9.17, 15) is 4.79 Å². The van der Waals surface area contributed by atoms with Crippen LogP contribution in [-0.2, 0) is 13.1 Å². The van der Waals surface area contributed by atoms with Crippen molar-refractivity contribution in [1.29, 1.82) is 0 Å². The second-order valence-electron chi connectivity index (χ2n) is 5.39. The third kappa shape index (κ3) is 3.95. The van der Waals surface area contributed by atoms with Crippen molar-refractivity contribution in [3.05, 3.63) is 89.9 Å². The summed E-state index contributed by atoms with van der Waals surface area (Å²) in [5, 5.41) is 8.97. The van der Waals surface area contributed by atoms with Gasteiger partial charge in [0.25, 0.3) is 0 Å². The molecule has 0 aliphatic carbocycles. The van der Waals surface area contributed by atoms with Crippen LogP contribution in [-0.4, -0.2) is 21.0 Å². The van der Waals surface area contributed by atoms with Crippen molar-refractivity contribution in [3.8, 4) is 0 Å². The molecular formula is C19H17N3O2. The van der Waals surface area contributed by atoms with Gasteiger partial charge in [-0.3, -0.25) is 0 Å². The van der Waals surface area contributed by atoms with Gasteiger partial charge < -0.3 is 10.0 Å². The number of carboxylic acids is 1. The first kappa shape index (κ1) is 15.7. The summed E-state index contributed by atoms with van der Waals surface area (Å²) in [7, 11) is 0. The van der Waals surface area contributed by atoms with Gasteiger partial charge in [-0.05, 0) is 11.1 Å². The Morgan fingerprint density at radius 1 is 0.833 bits per heavy atom. The summed E-state index contributed by atoms with van der Waals surface area (Å²) < 4.78 is 0. The minimum Gasteiger partial charge on any atom is -0.476 e. The lowest BCUT2D eigenvalue weighted by Crippen LogP contribution is -2.23. The first-order valence-electron chi connectivity index (χ1n) is 7.60. The Labute approximate surface area is 140 Å². The zero-order chi connectivity index (χ0) is 16.8. The van der Waals surface area contributed by atoms with Crippen LogP contribution >= 0.6 is 0 Å². The van der Waals surface area contributed by atoms with Crippen molar-refractivity contribution in [2.75, 3.05) is 4.90 Å². The maximum Gasteiger partial charge on any atom is 0.356 e. The second-order valence-corrected chi connectivity index (χ2v) is 5.39. The van der Waals surface area contributed by atoms with Crippen LogP contribution in [0.4, 0.5) is 5.82 Å². The summed E-state index contributed by atoms with van der Waals surface area (Å²) in [6.45, 7) is 1.33. The number of hydrogen-bond donors (Lipinski definition) is 1. The molecule has 3 aromatic rings. The largest absolute Gasteiger partial charge is 0.476 e. The molecule has 0 saturated carbocycles. The van der Waals surface area contributed by atoms with E-state index in [1.54, 1.807) is 0 Å². The molecule has 0 saturated heterocycles. The van der Waals surface area contributed by atoms with Gasteiger partial charge in [0.05, 0.1) is 12.4 Å². The minimum atomic E-state index is -1.08. The number of aromatic carboxylic acids is 1. The average Bonchev–Trinajstić information content (AvgIpc) is 2.63. The number of anilines is 1. The number of carbonyl (C=O) groups is 1. The van der Waals surface area contributed by atoms with Crippen LogP contribution in [0, 0.1) is 0 Å². The van der Waals surface area contributed by atoms with Crippen molar-refractivity contribution in [2.24, 2.45) is 0 Å². The van der Waals surface area contributed by atoms with Crippen LogP contribution < -0.4 is 4.90 Å². The van der Waals surface area contributed by atoms with Gasteiger partial charge in [-0.25, -0.2) is 14.8 Å². The lowest BCUT2D eigenvalue weighted by molar-refractivity contribution is 0.0690. The predicted octanol–water partition coefficient (Wildman–Crippen LogP) is 3.38. The summed E-state index contributed by atoms with van der Waals surface area (Å²) in [6, 6.07) is 20.1. The van der Waals surface area contributed by atoms with E-state index in [1.807, 2.05) is 36.4 Å². The molecular weight excluding hydrogens is 302 g/mol. The lowest BCUT2D eigenvalue weighted by Gasteiger charge is -2.23. The molecule has 0 aliphatic heterocycles. The lowest BCUT2D eigenvalue weighted by atomic mass is 10.1. The fraction of sp³-hybridized carbons (Fsp3) is 0.105. The molecule has 0 radical (unpaired) electrons. The van der Waals surface area contributed by atoms with Crippen molar-refractivity contribution in [2.45, 2.75) is 13.1 Å². The number of aromatic nitrogens is 2. The Bertz CT molecular complexity index is 748. The van der Waals surface area contributed by atoms with Gasteiger partial charge in [-0.15, -0.1) is 0 Å². The Hall–Kier alpha value is -3.21. The maximum atomic E-state index is 10.9. The quantitative estimate of drug-likeness (QED) is 0.754. The first-order valence-corrected chi connectivity index (χ1v) is 7.60. The normalized spacial score (nSPS) is 10.3. The molecule has 0 amide bonds. The number of nitrogens with zero attached hydrogens (tertiary/aromatic N) is 3.